The van der Waals surface area contributed by atoms with E-state index in [1.54, 1.807) is 5.56 Å². The van der Waals surface area contributed by atoms with Crippen LogP contribution in [0.15, 0.2) is 18.2 Å². The molecule has 4 nitrogen and oxygen atoms in total. The Kier molecular flexibility index (Phi) is 6.20. The van der Waals surface area contributed by atoms with Gasteiger partial charge in [-0.15, -0.1) is 0 Å². The van der Waals surface area contributed by atoms with Crippen LogP contribution in [0.25, 0.3) is 0 Å². The molecule has 0 radical (unpaired) electrons. The molecule has 4 heteroatoms. The average molecular weight is 453 g/mol. The van der Waals surface area contributed by atoms with Crippen LogP contribution in [0.2, 0.25) is 0 Å². The van der Waals surface area contributed by atoms with Crippen molar-refractivity contribution in [3.05, 3.63) is 34.9 Å². The second kappa shape index (κ2) is 8.43. The van der Waals surface area contributed by atoms with Gasteiger partial charge in [0.25, 0.3) is 0 Å². The predicted molar refractivity (Wildman–Crippen MR) is 134 cm³/mol. The summed E-state index contributed by atoms with van der Waals surface area (Å²) in [5.41, 5.74) is 4.88. The van der Waals surface area contributed by atoms with Gasteiger partial charge in [0.05, 0.1) is 0 Å². The van der Waals surface area contributed by atoms with Crippen molar-refractivity contribution in [2.45, 2.75) is 103 Å². The normalized spacial score (nSPS) is 27.1. The second-order valence-corrected chi connectivity index (χ2v) is 12.7. The lowest BCUT2D eigenvalue weighted by Crippen LogP contribution is -2.60. The van der Waals surface area contributed by atoms with Crippen molar-refractivity contribution in [3.63, 3.8) is 0 Å². The highest BCUT2D eigenvalue weighted by Crippen LogP contribution is 2.57. The number of rotatable bonds is 4. The van der Waals surface area contributed by atoms with Crippen LogP contribution in [0.1, 0.15) is 102 Å². The summed E-state index contributed by atoms with van der Waals surface area (Å²) in [6.45, 7) is 15.0. The second-order valence-electron chi connectivity index (χ2n) is 12.7. The van der Waals surface area contributed by atoms with Crippen LogP contribution in [0, 0.1) is 18.3 Å². The van der Waals surface area contributed by atoms with Gasteiger partial charge >= 0.3 is 0 Å². The highest BCUT2D eigenvalue weighted by atomic mass is 16.2. The first-order valence-corrected chi connectivity index (χ1v) is 13.0. The van der Waals surface area contributed by atoms with Gasteiger partial charge in [-0.1, -0.05) is 45.9 Å². The zero-order valence-corrected chi connectivity index (χ0v) is 22.0. The van der Waals surface area contributed by atoms with Crippen molar-refractivity contribution >= 4 is 11.8 Å². The molecule has 4 rings (SSSR count). The van der Waals surface area contributed by atoms with Crippen LogP contribution >= 0.6 is 0 Å². The van der Waals surface area contributed by atoms with Crippen LogP contribution in [-0.2, 0) is 15.0 Å². The third kappa shape index (κ3) is 4.47. The van der Waals surface area contributed by atoms with Crippen LogP contribution in [0.3, 0.4) is 0 Å². The minimum atomic E-state index is -0.148. The van der Waals surface area contributed by atoms with Gasteiger partial charge in [-0.25, -0.2) is 0 Å². The molecular formula is C29H44N2O2. The number of hydrogen-bond donors (Lipinski definition) is 0. The van der Waals surface area contributed by atoms with Gasteiger partial charge < -0.3 is 9.80 Å². The lowest BCUT2D eigenvalue weighted by Gasteiger charge is -2.55. The number of carbonyl (C=O) groups excluding carboxylic acids is 2. The number of likely N-dealkylation sites (tertiary alicyclic amines) is 1. The zero-order valence-electron chi connectivity index (χ0n) is 22.0. The predicted octanol–water partition coefficient (Wildman–Crippen LogP) is 5.82. The third-order valence-corrected chi connectivity index (χ3v) is 9.29. The number of aryl methyl sites for hydroxylation is 1. The number of hydrogen-bond acceptors (Lipinski definition) is 2. The van der Waals surface area contributed by atoms with E-state index in [2.05, 4.69) is 57.7 Å². The Labute approximate surface area is 201 Å². The molecule has 2 aliphatic carbocycles. The van der Waals surface area contributed by atoms with Crippen LogP contribution in [-0.4, -0.2) is 47.3 Å². The highest BCUT2D eigenvalue weighted by molar-refractivity contribution is 5.82. The zero-order chi connectivity index (χ0) is 24.2. The Bertz CT molecular complexity index is 906. The van der Waals surface area contributed by atoms with Gasteiger partial charge in [-0.05, 0) is 85.8 Å². The van der Waals surface area contributed by atoms with Gasteiger partial charge in [0.15, 0.2) is 0 Å². The smallest absolute Gasteiger partial charge is 0.225 e. The Morgan fingerprint density at radius 2 is 1.70 bits per heavy atom. The Balaban J connectivity index is 1.30. The van der Waals surface area contributed by atoms with Crippen molar-refractivity contribution < 1.29 is 9.59 Å². The molecule has 0 bridgehead atoms. The maximum absolute atomic E-state index is 13.1. The Hall–Kier alpha value is -1.84. The van der Waals surface area contributed by atoms with E-state index >= 15 is 0 Å². The lowest BCUT2D eigenvalue weighted by molar-refractivity contribution is -0.154. The van der Waals surface area contributed by atoms with E-state index in [1.165, 1.54) is 24.0 Å². The molecule has 182 valence electrons. The minimum absolute atomic E-state index is 0.0908. The molecule has 1 spiro atoms. The largest absolute Gasteiger partial charge is 0.342 e. The number of carbonyl (C=O) groups is 2. The summed E-state index contributed by atoms with van der Waals surface area (Å²) in [6.07, 6.45) is 6.98. The molecule has 1 aromatic rings. The van der Waals surface area contributed by atoms with Crippen molar-refractivity contribution in [1.29, 1.82) is 0 Å². The van der Waals surface area contributed by atoms with E-state index in [0.717, 1.165) is 38.8 Å². The van der Waals surface area contributed by atoms with Gasteiger partial charge in [-0.3, -0.25) is 9.59 Å². The SMILES string of the molecule is CCC(=O)N(C)C1(C)CC(C(=O)N2CCC3(CC2)CC(c2cc(C(C)(C)C)ccc2C)C3)C1. The van der Waals surface area contributed by atoms with Crippen LogP contribution in [0.5, 0.6) is 0 Å². The summed E-state index contributed by atoms with van der Waals surface area (Å²) in [7, 11) is 1.89. The fourth-order valence-electron chi connectivity index (χ4n) is 6.61. The van der Waals surface area contributed by atoms with E-state index in [9.17, 15) is 9.59 Å². The fourth-order valence-corrected chi connectivity index (χ4v) is 6.61. The van der Waals surface area contributed by atoms with E-state index in [1.807, 2.05) is 18.9 Å². The number of amides is 2. The lowest BCUT2D eigenvalue weighted by atomic mass is 9.55. The third-order valence-electron chi connectivity index (χ3n) is 9.29. The summed E-state index contributed by atoms with van der Waals surface area (Å²) >= 11 is 0. The molecule has 3 fully saturated rings. The standard InChI is InChI=1S/C29H44N2O2/c1-8-25(32)30(7)28(6)16-22(17-28)26(33)31-13-11-29(12-14-31)18-21(19-29)24-15-23(27(3,4)5)10-9-20(24)2/h9-10,15,21-22H,8,11-14,16-19H2,1-7H3. The molecule has 0 aromatic heterocycles. The van der Waals surface area contributed by atoms with Crippen molar-refractivity contribution in [3.8, 4) is 0 Å². The summed E-state index contributed by atoms with van der Waals surface area (Å²) in [4.78, 5) is 29.2. The van der Waals surface area contributed by atoms with E-state index < -0.39 is 0 Å². The average Bonchev–Trinajstić information content (AvgIpc) is 2.73. The number of benzene rings is 1. The Morgan fingerprint density at radius 1 is 1.09 bits per heavy atom. The van der Waals surface area contributed by atoms with E-state index in [-0.39, 0.29) is 22.8 Å². The molecule has 0 unspecified atom stereocenters. The summed E-state index contributed by atoms with van der Waals surface area (Å²) in [6, 6.07) is 7.05. The van der Waals surface area contributed by atoms with Crippen molar-refractivity contribution in [2.75, 3.05) is 20.1 Å². The number of piperidine rings is 1. The van der Waals surface area contributed by atoms with E-state index in [0.29, 0.717) is 23.7 Å². The maximum Gasteiger partial charge on any atom is 0.225 e. The fraction of sp³-hybridized carbons (Fsp3) is 0.724. The first-order chi connectivity index (χ1) is 15.4. The van der Waals surface area contributed by atoms with Gasteiger partial charge in [0.2, 0.25) is 11.8 Å². The first-order valence-electron chi connectivity index (χ1n) is 13.0. The van der Waals surface area contributed by atoms with Crippen molar-refractivity contribution in [2.24, 2.45) is 11.3 Å². The van der Waals surface area contributed by atoms with Crippen molar-refractivity contribution in [1.82, 2.24) is 9.80 Å². The molecule has 0 atom stereocenters. The molecular weight excluding hydrogens is 408 g/mol. The summed E-state index contributed by atoms with van der Waals surface area (Å²) in [5.74, 6) is 1.26. The van der Waals surface area contributed by atoms with Crippen LogP contribution in [0.4, 0.5) is 0 Å². The number of nitrogens with zero attached hydrogens (tertiary/aromatic N) is 2. The van der Waals surface area contributed by atoms with Crippen LogP contribution < -0.4 is 0 Å². The summed E-state index contributed by atoms with van der Waals surface area (Å²) in [5, 5.41) is 0. The summed E-state index contributed by atoms with van der Waals surface area (Å²) < 4.78 is 0. The first kappa shape index (κ1) is 24.3. The van der Waals surface area contributed by atoms with Gasteiger partial charge in [0.1, 0.15) is 0 Å². The molecule has 1 aromatic carbocycles. The minimum Gasteiger partial charge on any atom is -0.342 e. The molecule has 2 saturated carbocycles. The molecule has 33 heavy (non-hydrogen) atoms. The Morgan fingerprint density at radius 3 is 2.24 bits per heavy atom. The molecule has 1 saturated heterocycles. The molecule has 1 aliphatic heterocycles. The van der Waals surface area contributed by atoms with Gasteiger partial charge in [-0.2, -0.15) is 0 Å². The quantitative estimate of drug-likeness (QED) is 0.578. The highest BCUT2D eigenvalue weighted by Gasteiger charge is 2.51. The van der Waals surface area contributed by atoms with Gasteiger partial charge in [0, 0.05) is 38.0 Å². The molecule has 2 amide bonds. The maximum atomic E-state index is 13.1. The monoisotopic (exact) mass is 452 g/mol. The molecule has 3 aliphatic rings. The molecule has 1 heterocycles. The molecule has 0 N–H and O–H groups in total. The van der Waals surface area contributed by atoms with E-state index in [4.69, 9.17) is 0 Å². The topological polar surface area (TPSA) is 40.6 Å².